The highest BCUT2D eigenvalue weighted by molar-refractivity contribution is 5.94. The lowest BCUT2D eigenvalue weighted by molar-refractivity contribution is -0.0533. The lowest BCUT2D eigenvalue weighted by Gasteiger charge is -2.38. The molecule has 7 nitrogen and oxygen atoms in total. The molecule has 1 amide bonds. The molecule has 2 aliphatic rings. The van der Waals surface area contributed by atoms with Crippen molar-refractivity contribution >= 4 is 16.7 Å². The van der Waals surface area contributed by atoms with Crippen LogP contribution in [0.15, 0.2) is 48.8 Å². The van der Waals surface area contributed by atoms with E-state index in [2.05, 4.69) is 57.7 Å². The van der Waals surface area contributed by atoms with Crippen LogP contribution in [0.1, 0.15) is 46.6 Å². The van der Waals surface area contributed by atoms with Gasteiger partial charge in [0.1, 0.15) is 12.0 Å². The first-order valence-electron chi connectivity index (χ1n) is 12.6. The number of methoxy groups -OCH3 is 1. The third kappa shape index (κ3) is 5.37. The lowest BCUT2D eigenvalue weighted by Crippen LogP contribution is -2.54. The Kier molecular flexibility index (Phi) is 7.37. The summed E-state index contributed by atoms with van der Waals surface area (Å²) in [5.41, 5.74) is 3.47. The fourth-order valence-electron chi connectivity index (χ4n) is 5.26. The average Bonchev–Trinajstić information content (AvgIpc) is 2.90. The van der Waals surface area contributed by atoms with Crippen LogP contribution < -0.4 is 5.32 Å². The van der Waals surface area contributed by atoms with E-state index in [0.717, 1.165) is 50.2 Å². The van der Waals surface area contributed by atoms with Crippen LogP contribution in [0.5, 0.6) is 0 Å². The molecular weight excluding hydrogens is 440 g/mol. The van der Waals surface area contributed by atoms with Gasteiger partial charge in [-0.05, 0) is 42.5 Å². The van der Waals surface area contributed by atoms with Crippen molar-refractivity contribution in [2.24, 2.45) is 0 Å². The van der Waals surface area contributed by atoms with Crippen LogP contribution in [-0.4, -0.2) is 72.4 Å². The Bertz CT molecular complexity index is 1180. The number of fused-ring (bicyclic) bond motifs is 1. The molecular formula is C28H34N4O3. The number of ether oxygens (including phenoxy) is 2. The van der Waals surface area contributed by atoms with Crippen LogP contribution in [0.25, 0.3) is 10.8 Å². The quantitative estimate of drug-likeness (QED) is 0.589. The zero-order valence-corrected chi connectivity index (χ0v) is 20.6. The number of rotatable bonds is 6. The molecule has 0 bridgehead atoms. The van der Waals surface area contributed by atoms with Crippen molar-refractivity contribution in [3.8, 4) is 0 Å². The Labute approximate surface area is 206 Å². The van der Waals surface area contributed by atoms with E-state index in [1.54, 1.807) is 7.11 Å². The monoisotopic (exact) mass is 474 g/mol. The first kappa shape index (κ1) is 23.9. The molecule has 3 heterocycles. The number of piperidine rings is 1. The largest absolute Gasteiger partial charge is 0.379 e. The predicted molar refractivity (Wildman–Crippen MR) is 136 cm³/mol. The predicted octanol–water partition coefficient (Wildman–Crippen LogP) is 3.53. The fraction of sp³-hybridized carbons (Fsp3) is 0.464. The number of nitrogens with zero attached hydrogens (tertiary/aromatic N) is 3. The second-order valence-electron chi connectivity index (χ2n) is 9.63. The molecule has 3 aromatic rings. The maximum absolute atomic E-state index is 13.4. The molecule has 2 aromatic carbocycles. The van der Waals surface area contributed by atoms with Crippen molar-refractivity contribution in [1.29, 1.82) is 0 Å². The van der Waals surface area contributed by atoms with Crippen molar-refractivity contribution in [2.45, 2.75) is 50.8 Å². The lowest BCUT2D eigenvalue weighted by atomic mass is 9.99. The number of aromatic nitrogens is 2. The summed E-state index contributed by atoms with van der Waals surface area (Å²) in [6.07, 6.45) is 5.10. The van der Waals surface area contributed by atoms with Gasteiger partial charge in [-0.25, -0.2) is 9.97 Å². The maximum atomic E-state index is 13.4. The van der Waals surface area contributed by atoms with E-state index in [4.69, 9.17) is 9.47 Å². The van der Waals surface area contributed by atoms with Gasteiger partial charge in [0.2, 0.25) is 0 Å². The van der Waals surface area contributed by atoms with Crippen LogP contribution >= 0.6 is 0 Å². The summed E-state index contributed by atoms with van der Waals surface area (Å²) in [5, 5.41) is 6.18. The Morgan fingerprint density at radius 2 is 1.91 bits per heavy atom. The number of carbonyl (C=O) groups is 1. The van der Waals surface area contributed by atoms with Gasteiger partial charge < -0.3 is 19.7 Å². The van der Waals surface area contributed by atoms with Gasteiger partial charge in [0, 0.05) is 50.9 Å². The number of likely N-dealkylation sites (tertiary alicyclic amines) is 1. The Morgan fingerprint density at radius 1 is 1.11 bits per heavy atom. The molecule has 5 rings (SSSR count). The summed E-state index contributed by atoms with van der Waals surface area (Å²) in [7, 11) is 1.74. The van der Waals surface area contributed by atoms with Crippen LogP contribution in [0, 0.1) is 6.92 Å². The van der Waals surface area contributed by atoms with Gasteiger partial charge in [-0.15, -0.1) is 0 Å². The molecule has 2 fully saturated rings. The molecule has 1 N–H and O–H groups in total. The normalized spacial score (nSPS) is 21.4. The van der Waals surface area contributed by atoms with E-state index in [-0.39, 0.29) is 12.0 Å². The summed E-state index contributed by atoms with van der Waals surface area (Å²) < 4.78 is 11.1. The Balaban J connectivity index is 1.22. The molecule has 2 saturated heterocycles. The number of hydrogen-bond acceptors (Lipinski definition) is 6. The highest BCUT2D eigenvalue weighted by Crippen LogP contribution is 2.22. The molecule has 2 unspecified atom stereocenters. The van der Waals surface area contributed by atoms with Crippen molar-refractivity contribution in [2.75, 3.05) is 33.4 Å². The van der Waals surface area contributed by atoms with E-state index < -0.39 is 0 Å². The third-order valence-corrected chi connectivity index (χ3v) is 7.42. The Morgan fingerprint density at radius 3 is 2.71 bits per heavy atom. The molecule has 2 aliphatic heterocycles. The molecule has 0 saturated carbocycles. The van der Waals surface area contributed by atoms with Crippen molar-refractivity contribution in [3.63, 3.8) is 0 Å². The average molecular weight is 475 g/mol. The first-order chi connectivity index (χ1) is 17.1. The molecule has 7 heteroatoms. The molecule has 0 aliphatic carbocycles. The number of carbonyl (C=O) groups excluding carboxylic acids is 1. The summed E-state index contributed by atoms with van der Waals surface area (Å²) in [6, 6.07) is 15.5. The van der Waals surface area contributed by atoms with Gasteiger partial charge in [0.05, 0.1) is 18.4 Å². The second kappa shape index (κ2) is 10.8. The maximum Gasteiger partial charge on any atom is 0.272 e. The van der Waals surface area contributed by atoms with Gasteiger partial charge in [0.25, 0.3) is 5.91 Å². The minimum absolute atomic E-state index is 0.00365. The molecule has 1 aromatic heterocycles. The number of amides is 1. The number of hydrogen-bond donors (Lipinski definition) is 1. The Hall–Kier alpha value is -2.87. The molecule has 35 heavy (non-hydrogen) atoms. The van der Waals surface area contributed by atoms with Crippen molar-refractivity contribution in [3.05, 3.63) is 71.3 Å². The molecule has 2 atom stereocenters. The molecule has 0 spiro atoms. The highest BCUT2D eigenvalue weighted by Gasteiger charge is 2.31. The standard InChI is InChI=1S/C28H34N4O3/c1-19-25(16-20-7-8-21-5-3-4-6-22(21)15-20)29-18-30-27(19)28(33)32-12-9-23(10-13-32)31-24-11-14-35-17-26(24)34-2/h3-8,15,18,23-24,26,31H,9-14,16-17H2,1-2H3. The minimum Gasteiger partial charge on any atom is -0.379 e. The van der Waals surface area contributed by atoms with Crippen LogP contribution in [0.2, 0.25) is 0 Å². The fourth-order valence-corrected chi connectivity index (χ4v) is 5.26. The zero-order chi connectivity index (χ0) is 24.2. The summed E-state index contributed by atoms with van der Waals surface area (Å²) >= 11 is 0. The van der Waals surface area contributed by atoms with Gasteiger partial charge in [-0.3, -0.25) is 4.79 Å². The van der Waals surface area contributed by atoms with E-state index in [0.29, 0.717) is 30.8 Å². The summed E-state index contributed by atoms with van der Waals surface area (Å²) in [6.45, 7) is 4.82. The van der Waals surface area contributed by atoms with Gasteiger partial charge >= 0.3 is 0 Å². The number of nitrogens with one attached hydrogen (secondary N) is 1. The minimum atomic E-state index is 0.00365. The van der Waals surface area contributed by atoms with E-state index in [1.807, 2.05) is 11.8 Å². The zero-order valence-electron chi connectivity index (χ0n) is 20.6. The van der Waals surface area contributed by atoms with Gasteiger partial charge in [-0.1, -0.05) is 42.5 Å². The van der Waals surface area contributed by atoms with Crippen LogP contribution in [0.3, 0.4) is 0 Å². The molecule has 184 valence electrons. The topological polar surface area (TPSA) is 76.6 Å². The smallest absolute Gasteiger partial charge is 0.272 e. The number of benzene rings is 2. The van der Waals surface area contributed by atoms with E-state index >= 15 is 0 Å². The summed E-state index contributed by atoms with van der Waals surface area (Å²) in [4.78, 5) is 24.2. The first-order valence-corrected chi connectivity index (χ1v) is 12.6. The SMILES string of the molecule is COC1COCCC1NC1CCN(C(=O)c2ncnc(Cc3ccc4ccccc4c3)c2C)CC1. The third-order valence-electron chi connectivity index (χ3n) is 7.42. The van der Waals surface area contributed by atoms with Gasteiger partial charge in [0.15, 0.2) is 0 Å². The molecule has 0 radical (unpaired) electrons. The summed E-state index contributed by atoms with van der Waals surface area (Å²) in [5.74, 6) is 0.00365. The van der Waals surface area contributed by atoms with Gasteiger partial charge in [-0.2, -0.15) is 0 Å². The van der Waals surface area contributed by atoms with E-state index in [1.165, 1.54) is 22.7 Å². The van der Waals surface area contributed by atoms with Crippen LogP contribution in [0.4, 0.5) is 0 Å². The van der Waals surface area contributed by atoms with Crippen molar-refractivity contribution < 1.29 is 14.3 Å². The van der Waals surface area contributed by atoms with Crippen LogP contribution in [-0.2, 0) is 15.9 Å². The van der Waals surface area contributed by atoms with E-state index in [9.17, 15) is 4.79 Å². The van der Waals surface area contributed by atoms with Crippen molar-refractivity contribution in [1.82, 2.24) is 20.2 Å². The highest BCUT2D eigenvalue weighted by atomic mass is 16.5. The second-order valence-corrected chi connectivity index (χ2v) is 9.63.